The highest BCUT2D eigenvalue weighted by Crippen LogP contribution is 2.26. The Hall–Kier alpha value is -2.86. The summed E-state index contributed by atoms with van der Waals surface area (Å²) in [6, 6.07) is 13.0. The minimum Gasteiger partial charge on any atom is -0.350 e. The Morgan fingerprint density at radius 1 is 1.12 bits per heavy atom. The van der Waals surface area contributed by atoms with Gasteiger partial charge >= 0.3 is 0 Å². The Morgan fingerprint density at radius 2 is 1.82 bits per heavy atom. The number of fused-ring (bicyclic) bond motifs is 1. The van der Waals surface area contributed by atoms with Crippen molar-refractivity contribution in [3.63, 3.8) is 0 Å². The summed E-state index contributed by atoms with van der Waals surface area (Å²) in [6.45, 7) is 8.88. The van der Waals surface area contributed by atoms with Crippen molar-refractivity contribution in [3.05, 3.63) is 64.3 Å². The van der Waals surface area contributed by atoms with E-state index < -0.39 is 0 Å². The molecule has 2 heterocycles. The molecule has 3 aromatic rings. The molecule has 1 aliphatic heterocycles. The summed E-state index contributed by atoms with van der Waals surface area (Å²) >= 11 is 5.95. The number of hydrogen-bond donors (Lipinski definition) is 1. The van der Waals surface area contributed by atoms with Crippen LogP contribution in [0.15, 0.2) is 42.5 Å². The van der Waals surface area contributed by atoms with Gasteiger partial charge < -0.3 is 10.2 Å². The van der Waals surface area contributed by atoms with Crippen LogP contribution in [0.2, 0.25) is 5.02 Å². The SMILES string of the molecule is Cc1cccc2nn(CC3CCN(C(=O)c4ccc(Cl)cc4)CC3)c(C(=O)NCC(C)C)c12. The third-order valence-corrected chi connectivity index (χ3v) is 6.54. The molecule has 0 saturated carbocycles. The first-order valence-electron chi connectivity index (χ1n) is 11.6. The lowest BCUT2D eigenvalue weighted by molar-refractivity contribution is 0.0681. The molecule has 6 nitrogen and oxygen atoms in total. The van der Waals surface area contributed by atoms with Gasteiger partial charge in [-0.2, -0.15) is 5.10 Å². The largest absolute Gasteiger partial charge is 0.350 e. The van der Waals surface area contributed by atoms with Crippen molar-refractivity contribution in [1.82, 2.24) is 20.0 Å². The molecule has 2 aromatic carbocycles. The lowest BCUT2D eigenvalue weighted by atomic mass is 9.96. The Morgan fingerprint density at radius 3 is 2.48 bits per heavy atom. The van der Waals surface area contributed by atoms with Crippen molar-refractivity contribution in [2.45, 2.75) is 40.2 Å². The number of amides is 2. The fourth-order valence-corrected chi connectivity index (χ4v) is 4.56. The van der Waals surface area contributed by atoms with Crippen LogP contribution in [0.25, 0.3) is 10.9 Å². The summed E-state index contributed by atoms with van der Waals surface area (Å²) < 4.78 is 1.88. The van der Waals surface area contributed by atoms with Gasteiger partial charge in [-0.1, -0.05) is 37.6 Å². The van der Waals surface area contributed by atoms with Gasteiger partial charge in [0.15, 0.2) is 0 Å². The molecule has 1 aliphatic rings. The monoisotopic (exact) mass is 466 g/mol. The van der Waals surface area contributed by atoms with Gasteiger partial charge in [0.05, 0.1) is 5.52 Å². The van der Waals surface area contributed by atoms with Crippen molar-refractivity contribution in [2.75, 3.05) is 19.6 Å². The maximum Gasteiger partial charge on any atom is 0.270 e. The second-order valence-corrected chi connectivity index (χ2v) is 9.78. The first-order chi connectivity index (χ1) is 15.8. The summed E-state index contributed by atoms with van der Waals surface area (Å²) in [5.41, 5.74) is 3.20. The number of hydrogen-bond acceptors (Lipinski definition) is 3. The zero-order chi connectivity index (χ0) is 23.5. The van der Waals surface area contributed by atoms with Crippen molar-refractivity contribution < 1.29 is 9.59 Å². The lowest BCUT2D eigenvalue weighted by Crippen LogP contribution is -2.39. The summed E-state index contributed by atoms with van der Waals surface area (Å²) in [4.78, 5) is 27.8. The predicted molar refractivity (Wildman–Crippen MR) is 132 cm³/mol. The van der Waals surface area contributed by atoms with Crippen LogP contribution in [0.1, 0.15) is 53.1 Å². The van der Waals surface area contributed by atoms with E-state index in [-0.39, 0.29) is 11.8 Å². The number of aromatic nitrogens is 2. The van der Waals surface area contributed by atoms with Crippen LogP contribution < -0.4 is 5.32 Å². The zero-order valence-electron chi connectivity index (χ0n) is 19.5. The molecule has 174 valence electrons. The minimum atomic E-state index is -0.0733. The molecule has 0 spiro atoms. The van der Waals surface area contributed by atoms with Gasteiger partial charge in [0.2, 0.25) is 0 Å². The van der Waals surface area contributed by atoms with Gasteiger partial charge in [0, 0.05) is 42.2 Å². The van der Waals surface area contributed by atoms with Gasteiger partial charge in [0.25, 0.3) is 11.8 Å². The predicted octanol–water partition coefficient (Wildman–Crippen LogP) is 4.94. The molecule has 0 atom stereocenters. The highest BCUT2D eigenvalue weighted by atomic mass is 35.5. The van der Waals surface area contributed by atoms with Gasteiger partial charge in [-0.25, -0.2) is 0 Å². The van der Waals surface area contributed by atoms with Crippen LogP contribution >= 0.6 is 11.6 Å². The molecular weight excluding hydrogens is 436 g/mol. The number of nitrogens with zero attached hydrogens (tertiary/aromatic N) is 3. The molecule has 0 radical (unpaired) electrons. The number of benzene rings is 2. The van der Waals surface area contributed by atoms with Gasteiger partial charge in [-0.3, -0.25) is 14.3 Å². The van der Waals surface area contributed by atoms with E-state index >= 15 is 0 Å². The number of likely N-dealkylation sites (tertiary alicyclic amines) is 1. The average Bonchev–Trinajstić information content (AvgIpc) is 3.17. The first kappa shape index (κ1) is 23.3. The number of nitrogens with one attached hydrogen (secondary N) is 1. The topological polar surface area (TPSA) is 67.2 Å². The minimum absolute atomic E-state index is 0.0410. The number of aryl methyl sites for hydroxylation is 1. The number of carbonyl (C=O) groups excluding carboxylic acids is 2. The highest BCUT2D eigenvalue weighted by molar-refractivity contribution is 6.30. The molecule has 2 amide bonds. The molecule has 1 aromatic heterocycles. The van der Waals surface area contributed by atoms with Crippen molar-refractivity contribution in [1.29, 1.82) is 0 Å². The molecule has 0 unspecified atom stereocenters. The van der Waals surface area contributed by atoms with Gasteiger partial charge in [0.1, 0.15) is 5.69 Å². The molecule has 0 bridgehead atoms. The van der Waals surface area contributed by atoms with E-state index in [1.165, 1.54) is 0 Å². The molecule has 33 heavy (non-hydrogen) atoms. The van der Waals surface area contributed by atoms with Gasteiger partial charge in [-0.15, -0.1) is 0 Å². The Labute approximate surface area is 199 Å². The number of carbonyl (C=O) groups is 2. The van der Waals surface area contributed by atoms with Crippen LogP contribution in [0.3, 0.4) is 0 Å². The number of halogens is 1. The van der Waals surface area contributed by atoms with E-state index in [1.807, 2.05) is 34.7 Å². The normalized spacial score (nSPS) is 14.8. The van der Waals surface area contributed by atoms with E-state index in [0.717, 1.165) is 29.3 Å². The van der Waals surface area contributed by atoms with Crippen LogP contribution in [-0.4, -0.2) is 46.1 Å². The fraction of sp³-hybridized carbons (Fsp3) is 0.423. The summed E-state index contributed by atoms with van der Waals surface area (Å²) in [5.74, 6) is 0.695. The summed E-state index contributed by atoms with van der Waals surface area (Å²) in [6.07, 6.45) is 1.75. The molecule has 7 heteroatoms. The molecule has 0 aliphatic carbocycles. The fourth-order valence-electron chi connectivity index (χ4n) is 4.43. The number of rotatable bonds is 6. The van der Waals surface area contributed by atoms with E-state index in [9.17, 15) is 9.59 Å². The van der Waals surface area contributed by atoms with Crippen LogP contribution in [-0.2, 0) is 6.54 Å². The molecular formula is C26H31ClN4O2. The van der Waals surface area contributed by atoms with Crippen molar-refractivity contribution in [3.8, 4) is 0 Å². The van der Waals surface area contributed by atoms with Crippen LogP contribution in [0.5, 0.6) is 0 Å². The molecule has 1 fully saturated rings. The number of piperidine rings is 1. The standard InChI is InChI=1S/C26H31ClN4O2/c1-17(2)15-28-25(32)24-23-18(3)5-4-6-22(23)29-31(24)16-19-11-13-30(14-12-19)26(33)20-7-9-21(27)10-8-20/h4-10,17,19H,11-16H2,1-3H3,(H,28,32). The maximum atomic E-state index is 13.1. The van der Waals surface area contributed by atoms with Crippen molar-refractivity contribution in [2.24, 2.45) is 11.8 Å². The quantitative estimate of drug-likeness (QED) is 0.559. The summed E-state index contributed by atoms with van der Waals surface area (Å²) in [5, 5.41) is 9.40. The Kier molecular flexibility index (Phi) is 7.03. The third kappa shape index (κ3) is 5.22. The smallest absolute Gasteiger partial charge is 0.270 e. The highest BCUT2D eigenvalue weighted by Gasteiger charge is 2.27. The van der Waals surface area contributed by atoms with E-state index in [4.69, 9.17) is 16.7 Å². The second kappa shape index (κ2) is 9.96. The third-order valence-electron chi connectivity index (χ3n) is 6.28. The van der Waals surface area contributed by atoms with Gasteiger partial charge in [-0.05, 0) is 67.5 Å². The summed E-state index contributed by atoms with van der Waals surface area (Å²) in [7, 11) is 0. The molecule has 1 saturated heterocycles. The second-order valence-electron chi connectivity index (χ2n) is 9.35. The van der Waals surface area contributed by atoms with E-state index in [2.05, 4.69) is 19.2 Å². The molecule has 4 rings (SSSR count). The zero-order valence-corrected chi connectivity index (χ0v) is 20.2. The Balaban J connectivity index is 1.48. The Bertz CT molecular complexity index is 1150. The first-order valence-corrected chi connectivity index (χ1v) is 12.0. The average molecular weight is 467 g/mol. The van der Waals surface area contributed by atoms with Crippen molar-refractivity contribution >= 4 is 34.3 Å². The maximum absolute atomic E-state index is 13.1. The lowest BCUT2D eigenvalue weighted by Gasteiger charge is -2.32. The van der Waals surface area contributed by atoms with E-state index in [1.54, 1.807) is 24.3 Å². The van der Waals surface area contributed by atoms with Crippen LogP contribution in [0, 0.1) is 18.8 Å². The van der Waals surface area contributed by atoms with E-state index in [0.29, 0.717) is 54.3 Å². The molecule has 1 N–H and O–H groups in total. The van der Waals surface area contributed by atoms with Crippen LogP contribution in [0.4, 0.5) is 0 Å².